The van der Waals surface area contributed by atoms with Crippen molar-refractivity contribution < 1.29 is 19.1 Å². The summed E-state index contributed by atoms with van der Waals surface area (Å²) >= 11 is 0. The maximum Gasteiger partial charge on any atom is 0.336 e. The summed E-state index contributed by atoms with van der Waals surface area (Å²) in [5, 5.41) is 11.7. The van der Waals surface area contributed by atoms with Gasteiger partial charge < -0.3 is 19.2 Å². The smallest absolute Gasteiger partial charge is 0.336 e. The molecule has 1 aliphatic heterocycles. The summed E-state index contributed by atoms with van der Waals surface area (Å²) in [6.07, 6.45) is 6.69. The molecule has 0 radical (unpaired) electrons. The second-order valence-electron chi connectivity index (χ2n) is 9.67. The Morgan fingerprint density at radius 1 is 1.31 bits per heavy atom. The lowest BCUT2D eigenvalue weighted by Gasteiger charge is -2.47. The standard InChI is InChI=1S/C26H35NO5/c1-4-5-8-19-15-23(28)32-22-14-17(2)13-21(24(19)22)31-18(3)25(29)27-12-11-26(30)10-7-6-9-20(26)16-27/h13-15,18,20,30H,4-12,16H2,1-3H3/t18-,20-,26-/m0/s1. The van der Waals surface area contributed by atoms with Crippen LogP contribution in [0, 0.1) is 12.8 Å². The molecule has 1 N–H and O–H groups in total. The molecule has 2 aromatic rings. The van der Waals surface area contributed by atoms with Crippen molar-refractivity contribution in [2.75, 3.05) is 13.1 Å². The summed E-state index contributed by atoms with van der Waals surface area (Å²) in [6, 6.07) is 5.30. The number of rotatable bonds is 6. The number of carbonyl (C=O) groups is 1. The molecule has 0 unspecified atom stereocenters. The van der Waals surface area contributed by atoms with Gasteiger partial charge in [-0.15, -0.1) is 0 Å². The minimum absolute atomic E-state index is 0.0558. The van der Waals surface area contributed by atoms with Crippen LogP contribution in [0.3, 0.4) is 0 Å². The van der Waals surface area contributed by atoms with Crippen molar-refractivity contribution >= 4 is 16.9 Å². The van der Waals surface area contributed by atoms with Crippen LogP contribution in [0.2, 0.25) is 0 Å². The Hall–Kier alpha value is -2.34. The summed E-state index contributed by atoms with van der Waals surface area (Å²) in [5.41, 5.74) is 1.34. The van der Waals surface area contributed by atoms with E-state index in [1.807, 2.05) is 24.0 Å². The van der Waals surface area contributed by atoms with Gasteiger partial charge in [-0.25, -0.2) is 4.79 Å². The van der Waals surface area contributed by atoms with Gasteiger partial charge in [0.2, 0.25) is 0 Å². The number of fused-ring (bicyclic) bond motifs is 2. The highest BCUT2D eigenvalue weighted by Crippen LogP contribution is 2.40. The van der Waals surface area contributed by atoms with E-state index in [4.69, 9.17) is 9.15 Å². The molecule has 1 aromatic carbocycles. The number of ether oxygens (including phenoxy) is 1. The lowest BCUT2D eigenvalue weighted by atomic mass is 9.71. The van der Waals surface area contributed by atoms with Crippen LogP contribution in [0.15, 0.2) is 27.4 Å². The van der Waals surface area contributed by atoms with E-state index in [0.717, 1.165) is 61.5 Å². The van der Waals surface area contributed by atoms with Crippen LogP contribution >= 0.6 is 0 Å². The van der Waals surface area contributed by atoms with Crippen LogP contribution in [0.5, 0.6) is 5.75 Å². The molecular formula is C26H35NO5. The van der Waals surface area contributed by atoms with Crippen molar-refractivity contribution in [2.45, 2.75) is 83.8 Å². The largest absolute Gasteiger partial charge is 0.480 e. The van der Waals surface area contributed by atoms with Crippen LogP contribution in [0.1, 0.15) is 69.9 Å². The molecule has 0 bridgehead atoms. The molecule has 0 spiro atoms. The van der Waals surface area contributed by atoms with Gasteiger partial charge in [0.05, 0.1) is 11.0 Å². The van der Waals surface area contributed by atoms with E-state index in [2.05, 4.69) is 6.92 Å². The molecule has 2 fully saturated rings. The van der Waals surface area contributed by atoms with Gasteiger partial charge in [0.1, 0.15) is 11.3 Å². The first-order chi connectivity index (χ1) is 15.3. The topological polar surface area (TPSA) is 80.0 Å². The minimum Gasteiger partial charge on any atom is -0.480 e. The number of hydrogen-bond acceptors (Lipinski definition) is 5. The van der Waals surface area contributed by atoms with Gasteiger partial charge in [0.25, 0.3) is 5.91 Å². The molecular weight excluding hydrogens is 406 g/mol. The van der Waals surface area contributed by atoms with E-state index >= 15 is 0 Å². The van der Waals surface area contributed by atoms with Gasteiger partial charge in [0.15, 0.2) is 6.10 Å². The van der Waals surface area contributed by atoms with E-state index in [1.54, 1.807) is 13.0 Å². The summed E-state index contributed by atoms with van der Waals surface area (Å²) in [6.45, 7) is 6.97. The second-order valence-corrected chi connectivity index (χ2v) is 9.67. The fourth-order valence-electron chi connectivity index (χ4n) is 5.40. The molecule has 1 aromatic heterocycles. The number of nitrogens with zero attached hydrogens (tertiary/aromatic N) is 1. The van der Waals surface area contributed by atoms with Crippen LogP contribution < -0.4 is 10.4 Å². The number of aliphatic hydroxyl groups is 1. The Balaban J connectivity index is 1.57. The predicted octanol–water partition coefficient (Wildman–Crippen LogP) is 4.36. The van der Waals surface area contributed by atoms with Crippen molar-refractivity contribution in [2.24, 2.45) is 5.92 Å². The SMILES string of the molecule is CCCCc1cc(=O)oc2cc(C)cc(O[C@@H](C)C(=O)N3CC[C@@]4(O)CCCC[C@H]4C3)c12. The first kappa shape index (κ1) is 22.8. The first-order valence-corrected chi connectivity index (χ1v) is 12.1. The molecule has 1 saturated heterocycles. The van der Waals surface area contributed by atoms with E-state index in [0.29, 0.717) is 30.8 Å². The van der Waals surface area contributed by atoms with E-state index in [9.17, 15) is 14.7 Å². The molecule has 1 saturated carbocycles. The number of benzene rings is 1. The van der Waals surface area contributed by atoms with Crippen LogP contribution in [0.4, 0.5) is 0 Å². The van der Waals surface area contributed by atoms with Gasteiger partial charge in [-0.3, -0.25) is 4.79 Å². The molecule has 32 heavy (non-hydrogen) atoms. The Morgan fingerprint density at radius 3 is 2.91 bits per heavy atom. The van der Waals surface area contributed by atoms with Crippen molar-refractivity contribution in [1.82, 2.24) is 4.90 Å². The monoisotopic (exact) mass is 441 g/mol. The Kier molecular flexibility index (Phi) is 6.61. The molecule has 6 heteroatoms. The molecule has 1 aliphatic carbocycles. The lowest BCUT2D eigenvalue weighted by molar-refractivity contribution is -0.149. The summed E-state index contributed by atoms with van der Waals surface area (Å²) in [5.74, 6) is 0.678. The lowest BCUT2D eigenvalue weighted by Crippen LogP contribution is -2.56. The third kappa shape index (κ3) is 4.56. The first-order valence-electron chi connectivity index (χ1n) is 12.1. The Labute approximate surface area is 189 Å². The van der Waals surface area contributed by atoms with Gasteiger partial charge in [-0.1, -0.05) is 26.2 Å². The zero-order valence-electron chi connectivity index (χ0n) is 19.5. The maximum atomic E-state index is 13.3. The summed E-state index contributed by atoms with van der Waals surface area (Å²) < 4.78 is 11.7. The zero-order chi connectivity index (χ0) is 22.9. The van der Waals surface area contributed by atoms with Crippen LogP contribution in [-0.2, 0) is 11.2 Å². The number of likely N-dealkylation sites (tertiary alicyclic amines) is 1. The highest BCUT2D eigenvalue weighted by atomic mass is 16.5. The third-order valence-electron chi connectivity index (χ3n) is 7.22. The van der Waals surface area contributed by atoms with Crippen molar-refractivity contribution in [3.8, 4) is 5.75 Å². The highest BCUT2D eigenvalue weighted by Gasteiger charge is 2.44. The molecule has 2 heterocycles. The molecule has 3 atom stereocenters. The average molecular weight is 442 g/mol. The van der Waals surface area contributed by atoms with E-state index < -0.39 is 11.7 Å². The van der Waals surface area contributed by atoms with Crippen molar-refractivity contribution in [1.29, 1.82) is 0 Å². The fraction of sp³-hybridized carbons (Fsp3) is 0.615. The van der Waals surface area contributed by atoms with Crippen LogP contribution in [0.25, 0.3) is 11.0 Å². The minimum atomic E-state index is -0.666. The number of aryl methyl sites for hydroxylation is 2. The van der Waals surface area contributed by atoms with Gasteiger partial charge in [0, 0.05) is 25.1 Å². The Morgan fingerprint density at radius 2 is 2.12 bits per heavy atom. The zero-order valence-corrected chi connectivity index (χ0v) is 19.5. The summed E-state index contributed by atoms with van der Waals surface area (Å²) in [4.78, 5) is 27.2. The molecule has 2 aliphatic rings. The van der Waals surface area contributed by atoms with E-state index in [-0.39, 0.29) is 17.5 Å². The van der Waals surface area contributed by atoms with Crippen LogP contribution in [-0.4, -0.2) is 40.7 Å². The third-order valence-corrected chi connectivity index (χ3v) is 7.22. The van der Waals surface area contributed by atoms with Crippen molar-refractivity contribution in [3.63, 3.8) is 0 Å². The molecule has 4 rings (SSSR count). The number of hydrogen-bond donors (Lipinski definition) is 1. The number of carbonyl (C=O) groups excluding carboxylic acids is 1. The van der Waals surface area contributed by atoms with Crippen molar-refractivity contribution in [3.05, 3.63) is 39.7 Å². The maximum absolute atomic E-state index is 13.3. The average Bonchev–Trinajstić information content (AvgIpc) is 2.75. The summed E-state index contributed by atoms with van der Waals surface area (Å²) in [7, 11) is 0. The van der Waals surface area contributed by atoms with Gasteiger partial charge >= 0.3 is 5.63 Å². The molecule has 1 amide bonds. The molecule has 174 valence electrons. The quantitative estimate of drug-likeness (QED) is 0.674. The number of amides is 1. The normalized spacial score (nSPS) is 24.2. The van der Waals surface area contributed by atoms with E-state index in [1.165, 1.54) is 0 Å². The predicted molar refractivity (Wildman–Crippen MR) is 124 cm³/mol. The second kappa shape index (κ2) is 9.26. The number of unbranched alkanes of at least 4 members (excludes halogenated alkanes) is 1. The Bertz CT molecular complexity index is 1040. The highest BCUT2D eigenvalue weighted by molar-refractivity contribution is 5.88. The van der Waals surface area contributed by atoms with Gasteiger partial charge in [-0.2, -0.15) is 0 Å². The fourth-order valence-corrected chi connectivity index (χ4v) is 5.40. The van der Waals surface area contributed by atoms with Gasteiger partial charge in [-0.05, 0) is 69.2 Å². The number of piperidine rings is 1. The molecule has 6 nitrogen and oxygen atoms in total.